The molecule has 0 aliphatic heterocycles. The van der Waals surface area contributed by atoms with Crippen LogP contribution in [0.15, 0.2) is 35.8 Å². The lowest BCUT2D eigenvalue weighted by Crippen LogP contribution is -2.35. The van der Waals surface area contributed by atoms with Crippen molar-refractivity contribution in [1.29, 1.82) is 0 Å². The van der Waals surface area contributed by atoms with E-state index >= 15 is 0 Å². The summed E-state index contributed by atoms with van der Waals surface area (Å²) in [7, 11) is 2.22. The second-order valence-electron chi connectivity index (χ2n) is 6.79. The molecule has 1 fully saturated rings. The number of nitrogens with one attached hydrogen (secondary N) is 1. The maximum absolute atomic E-state index is 12.4. The molecule has 2 aromatic rings. The van der Waals surface area contributed by atoms with Crippen LogP contribution in [0.25, 0.3) is 10.6 Å². The minimum absolute atomic E-state index is 0.0134. The summed E-state index contributed by atoms with van der Waals surface area (Å²) in [6.45, 7) is 1.76. The molecular formula is C20H27N3OS. The molecule has 134 valence electrons. The molecule has 1 aliphatic rings. The Labute approximate surface area is 154 Å². The molecule has 0 spiro atoms. The Morgan fingerprint density at radius 3 is 2.92 bits per heavy atom. The summed E-state index contributed by atoms with van der Waals surface area (Å²) in [6, 6.07) is 8.40. The molecule has 0 aromatic carbocycles. The lowest BCUT2D eigenvalue weighted by Gasteiger charge is -2.31. The summed E-state index contributed by atoms with van der Waals surface area (Å²) in [6.07, 6.45) is 9.46. The quantitative estimate of drug-likeness (QED) is 0.756. The number of amides is 1. The lowest BCUT2D eigenvalue weighted by atomic mass is 9.94. The summed E-state index contributed by atoms with van der Waals surface area (Å²) < 4.78 is 0. The van der Waals surface area contributed by atoms with E-state index in [0.29, 0.717) is 12.1 Å². The van der Waals surface area contributed by atoms with Crippen LogP contribution in [0.3, 0.4) is 0 Å². The van der Waals surface area contributed by atoms with Crippen molar-refractivity contribution in [3.05, 3.63) is 41.4 Å². The van der Waals surface area contributed by atoms with Crippen molar-refractivity contribution in [2.45, 2.75) is 44.6 Å². The molecule has 25 heavy (non-hydrogen) atoms. The Balaban J connectivity index is 1.44. The van der Waals surface area contributed by atoms with Gasteiger partial charge in [-0.15, -0.1) is 11.3 Å². The zero-order chi connectivity index (χ0) is 17.5. The third-order valence-electron chi connectivity index (χ3n) is 4.97. The van der Waals surface area contributed by atoms with Crippen molar-refractivity contribution in [2.24, 2.45) is 0 Å². The molecule has 1 aliphatic carbocycles. The Hall–Kier alpha value is -1.72. The fraction of sp³-hybridized carbons (Fsp3) is 0.500. The van der Waals surface area contributed by atoms with Crippen molar-refractivity contribution in [3.63, 3.8) is 0 Å². The highest BCUT2D eigenvalue weighted by Crippen LogP contribution is 2.23. The molecule has 1 N–H and O–H groups in total. The Morgan fingerprint density at radius 1 is 1.32 bits per heavy atom. The van der Waals surface area contributed by atoms with Gasteiger partial charge in [0.25, 0.3) is 5.91 Å². The summed E-state index contributed by atoms with van der Waals surface area (Å²) >= 11 is 1.63. The van der Waals surface area contributed by atoms with Crippen molar-refractivity contribution in [1.82, 2.24) is 15.2 Å². The van der Waals surface area contributed by atoms with Crippen LogP contribution in [0.2, 0.25) is 0 Å². The van der Waals surface area contributed by atoms with E-state index in [1.165, 1.54) is 32.1 Å². The summed E-state index contributed by atoms with van der Waals surface area (Å²) in [5, 5.41) is 5.06. The predicted octanol–water partition coefficient (Wildman–Crippen LogP) is 4.19. The number of hydrogen-bond acceptors (Lipinski definition) is 4. The van der Waals surface area contributed by atoms with Crippen molar-refractivity contribution in [3.8, 4) is 10.6 Å². The van der Waals surface area contributed by atoms with Gasteiger partial charge in [0.15, 0.2) is 0 Å². The molecular weight excluding hydrogens is 330 g/mol. The van der Waals surface area contributed by atoms with E-state index in [0.717, 1.165) is 29.6 Å². The fourth-order valence-electron chi connectivity index (χ4n) is 3.47. The third kappa shape index (κ3) is 5.13. The van der Waals surface area contributed by atoms with Crippen LogP contribution in [0.4, 0.5) is 0 Å². The number of carbonyl (C=O) groups is 1. The molecule has 0 bridgehead atoms. The summed E-state index contributed by atoms with van der Waals surface area (Å²) in [5.74, 6) is -0.0134. The molecule has 2 aromatic heterocycles. The predicted molar refractivity (Wildman–Crippen MR) is 104 cm³/mol. The van der Waals surface area contributed by atoms with Gasteiger partial charge in [-0.1, -0.05) is 25.3 Å². The van der Waals surface area contributed by atoms with Gasteiger partial charge in [0.05, 0.1) is 10.6 Å². The zero-order valence-corrected chi connectivity index (χ0v) is 15.7. The van der Waals surface area contributed by atoms with Crippen LogP contribution in [-0.2, 0) is 0 Å². The van der Waals surface area contributed by atoms with E-state index in [-0.39, 0.29) is 5.91 Å². The van der Waals surface area contributed by atoms with E-state index in [1.54, 1.807) is 23.6 Å². The topological polar surface area (TPSA) is 45.2 Å². The van der Waals surface area contributed by atoms with Crippen LogP contribution >= 0.6 is 11.3 Å². The highest BCUT2D eigenvalue weighted by molar-refractivity contribution is 7.13. The Morgan fingerprint density at radius 2 is 2.16 bits per heavy atom. The molecule has 0 atom stereocenters. The van der Waals surface area contributed by atoms with E-state index in [4.69, 9.17) is 0 Å². The van der Waals surface area contributed by atoms with E-state index in [2.05, 4.69) is 22.2 Å². The molecule has 5 heteroatoms. The van der Waals surface area contributed by atoms with E-state index < -0.39 is 0 Å². The van der Waals surface area contributed by atoms with Gasteiger partial charge < -0.3 is 10.2 Å². The highest BCUT2D eigenvalue weighted by Gasteiger charge is 2.17. The zero-order valence-electron chi connectivity index (χ0n) is 14.9. The molecule has 1 saturated carbocycles. The average molecular weight is 358 g/mol. The van der Waals surface area contributed by atoms with Crippen molar-refractivity contribution < 1.29 is 4.79 Å². The van der Waals surface area contributed by atoms with Crippen LogP contribution in [0, 0.1) is 0 Å². The standard InChI is InChI=1S/C20H27N3OS/c1-23(17-7-3-2-4-8-17)13-6-11-22-20(24)16-10-12-21-18(15-16)19-9-5-14-25-19/h5,9-10,12,14-15,17H,2-4,6-8,11,13H2,1H3,(H,22,24). The normalized spacial score (nSPS) is 15.4. The monoisotopic (exact) mass is 357 g/mol. The van der Waals surface area contributed by atoms with Crippen LogP contribution in [0.1, 0.15) is 48.9 Å². The maximum atomic E-state index is 12.4. The van der Waals surface area contributed by atoms with Crippen LogP contribution in [-0.4, -0.2) is 42.0 Å². The van der Waals surface area contributed by atoms with Gasteiger partial charge in [0.2, 0.25) is 0 Å². The minimum Gasteiger partial charge on any atom is -0.352 e. The number of nitrogens with zero attached hydrogens (tertiary/aromatic N) is 2. The smallest absolute Gasteiger partial charge is 0.251 e. The van der Waals surface area contributed by atoms with E-state index in [1.807, 2.05) is 23.6 Å². The molecule has 0 radical (unpaired) electrons. The number of aromatic nitrogens is 1. The Bertz CT molecular complexity index is 665. The van der Waals surface area contributed by atoms with E-state index in [9.17, 15) is 4.79 Å². The molecule has 1 amide bonds. The second-order valence-corrected chi connectivity index (χ2v) is 7.74. The maximum Gasteiger partial charge on any atom is 0.251 e. The Kier molecular flexibility index (Phi) is 6.59. The summed E-state index contributed by atoms with van der Waals surface area (Å²) in [4.78, 5) is 20.3. The van der Waals surface area contributed by atoms with Crippen molar-refractivity contribution in [2.75, 3.05) is 20.1 Å². The van der Waals surface area contributed by atoms with Gasteiger partial charge in [-0.3, -0.25) is 9.78 Å². The number of carbonyl (C=O) groups excluding carboxylic acids is 1. The lowest BCUT2D eigenvalue weighted by molar-refractivity contribution is 0.0950. The van der Waals surface area contributed by atoms with Gasteiger partial charge in [-0.05, 0) is 56.4 Å². The molecule has 0 unspecified atom stereocenters. The van der Waals surface area contributed by atoms with Gasteiger partial charge in [-0.25, -0.2) is 0 Å². The van der Waals surface area contributed by atoms with Crippen LogP contribution in [0.5, 0.6) is 0 Å². The molecule has 3 rings (SSSR count). The van der Waals surface area contributed by atoms with Gasteiger partial charge in [-0.2, -0.15) is 0 Å². The SMILES string of the molecule is CN(CCCNC(=O)c1ccnc(-c2cccs2)c1)C1CCCCC1. The third-order valence-corrected chi connectivity index (χ3v) is 5.86. The van der Waals surface area contributed by atoms with Crippen molar-refractivity contribution >= 4 is 17.2 Å². The van der Waals surface area contributed by atoms with Crippen LogP contribution < -0.4 is 5.32 Å². The minimum atomic E-state index is -0.0134. The number of rotatable bonds is 7. The fourth-order valence-corrected chi connectivity index (χ4v) is 4.16. The summed E-state index contributed by atoms with van der Waals surface area (Å²) in [5.41, 5.74) is 1.54. The largest absolute Gasteiger partial charge is 0.352 e. The second kappa shape index (κ2) is 9.11. The van der Waals surface area contributed by atoms with Gasteiger partial charge in [0.1, 0.15) is 0 Å². The molecule has 2 heterocycles. The number of thiophene rings is 1. The number of hydrogen-bond donors (Lipinski definition) is 1. The first-order valence-electron chi connectivity index (χ1n) is 9.22. The number of pyridine rings is 1. The first-order valence-corrected chi connectivity index (χ1v) is 10.1. The highest BCUT2D eigenvalue weighted by atomic mass is 32.1. The first kappa shape index (κ1) is 18.1. The molecule has 0 saturated heterocycles. The van der Waals surface area contributed by atoms with Gasteiger partial charge in [0, 0.05) is 24.3 Å². The first-order chi connectivity index (χ1) is 12.2. The van der Waals surface area contributed by atoms with Gasteiger partial charge >= 0.3 is 0 Å². The molecule has 4 nitrogen and oxygen atoms in total. The average Bonchev–Trinajstić information content (AvgIpc) is 3.20.